The normalized spacial score (nSPS) is 15.1. The summed E-state index contributed by atoms with van der Waals surface area (Å²) in [4.78, 5) is 16.2. The quantitative estimate of drug-likeness (QED) is 0.761. The molecule has 2 aromatic rings. The molecule has 138 valence electrons. The number of rotatable bonds is 6. The summed E-state index contributed by atoms with van der Waals surface area (Å²) in [7, 11) is -3.48. The van der Waals surface area contributed by atoms with Crippen LogP contribution in [0.3, 0.4) is 0 Å². The molecule has 1 aliphatic heterocycles. The summed E-state index contributed by atoms with van der Waals surface area (Å²) in [6.45, 7) is 1.09. The van der Waals surface area contributed by atoms with Crippen LogP contribution in [-0.2, 0) is 14.8 Å². The van der Waals surface area contributed by atoms with Crippen molar-refractivity contribution in [2.24, 2.45) is 0 Å². The molecule has 26 heavy (non-hydrogen) atoms. The molecule has 0 atom stereocenters. The molecule has 0 aliphatic carbocycles. The maximum atomic E-state index is 12.8. The summed E-state index contributed by atoms with van der Waals surface area (Å²) in [6.07, 6.45) is 3.08. The standard InChI is InChI=1S/C17H18FN3O3S2/c18-13-3-5-14(6-4-13)20-16(22)12-25-17-8-7-15(11-19-17)26(23,24)21-9-1-2-10-21/h3-8,11H,1-2,9-10,12H2,(H,20,22). The molecule has 3 rings (SSSR count). The lowest BCUT2D eigenvalue weighted by Gasteiger charge is -2.15. The highest BCUT2D eigenvalue weighted by atomic mass is 32.2. The van der Waals surface area contributed by atoms with Crippen molar-refractivity contribution in [1.82, 2.24) is 9.29 Å². The Morgan fingerprint density at radius 1 is 1.15 bits per heavy atom. The van der Waals surface area contributed by atoms with Crippen molar-refractivity contribution in [2.45, 2.75) is 22.8 Å². The lowest BCUT2D eigenvalue weighted by atomic mass is 10.3. The van der Waals surface area contributed by atoms with Gasteiger partial charge in [0.15, 0.2) is 0 Å². The Bertz CT molecular complexity index is 865. The summed E-state index contributed by atoms with van der Waals surface area (Å²) in [5.41, 5.74) is 0.511. The first kappa shape index (κ1) is 18.8. The Hall–Kier alpha value is -1.97. The van der Waals surface area contributed by atoms with Crippen molar-refractivity contribution in [3.63, 3.8) is 0 Å². The highest BCUT2D eigenvalue weighted by Crippen LogP contribution is 2.22. The number of amides is 1. The second-order valence-corrected chi connectivity index (χ2v) is 8.72. The van der Waals surface area contributed by atoms with Crippen molar-refractivity contribution in [1.29, 1.82) is 0 Å². The predicted molar refractivity (Wildman–Crippen MR) is 98.0 cm³/mol. The Morgan fingerprint density at radius 2 is 1.85 bits per heavy atom. The second kappa shape index (κ2) is 8.15. The molecule has 6 nitrogen and oxygen atoms in total. The molecule has 0 saturated carbocycles. The second-order valence-electron chi connectivity index (χ2n) is 5.79. The minimum atomic E-state index is -3.48. The zero-order valence-electron chi connectivity index (χ0n) is 13.9. The number of carbonyl (C=O) groups excluding carboxylic acids is 1. The van der Waals surface area contributed by atoms with Gasteiger partial charge in [0.1, 0.15) is 10.7 Å². The number of anilines is 1. The number of carbonyl (C=O) groups is 1. The molecule has 1 fully saturated rings. The fourth-order valence-electron chi connectivity index (χ4n) is 2.55. The van der Waals surface area contributed by atoms with Gasteiger partial charge in [-0.3, -0.25) is 4.79 Å². The van der Waals surface area contributed by atoms with Gasteiger partial charge < -0.3 is 5.32 Å². The Labute approximate surface area is 155 Å². The zero-order valence-corrected chi connectivity index (χ0v) is 15.5. The number of aromatic nitrogens is 1. The van der Waals surface area contributed by atoms with Crippen LogP contribution in [0.1, 0.15) is 12.8 Å². The molecule has 1 aromatic carbocycles. The SMILES string of the molecule is O=C(CSc1ccc(S(=O)(=O)N2CCCC2)cn1)Nc1ccc(F)cc1. The third-order valence-corrected chi connectivity index (χ3v) is 6.72. The molecular weight excluding hydrogens is 377 g/mol. The fourth-order valence-corrected chi connectivity index (χ4v) is 4.66. The molecule has 1 saturated heterocycles. The van der Waals surface area contributed by atoms with Crippen molar-refractivity contribution < 1.29 is 17.6 Å². The van der Waals surface area contributed by atoms with E-state index in [4.69, 9.17) is 0 Å². The van der Waals surface area contributed by atoms with Crippen LogP contribution in [0.25, 0.3) is 0 Å². The molecule has 1 aliphatic rings. The van der Waals surface area contributed by atoms with E-state index >= 15 is 0 Å². The molecular formula is C17H18FN3O3S2. The number of nitrogens with zero attached hydrogens (tertiary/aromatic N) is 2. The van der Waals surface area contributed by atoms with Crippen LogP contribution in [0, 0.1) is 5.82 Å². The molecule has 2 heterocycles. The summed E-state index contributed by atoms with van der Waals surface area (Å²) >= 11 is 1.20. The molecule has 0 unspecified atom stereocenters. The largest absolute Gasteiger partial charge is 0.325 e. The van der Waals surface area contributed by atoms with Gasteiger partial charge in [-0.2, -0.15) is 4.31 Å². The van der Waals surface area contributed by atoms with Crippen molar-refractivity contribution >= 4 is 33.4 Å². The highest BCUT2D eigenvalue weighted by Gasteiger charge is 2.27. The van der Waals surface area contributed by atoms with Crippen LogP contribution in [-0.4, -0.2) is 42.5 Å². The van der Waals surface area contributed by atoms with Crippen LogP contribution in [0.15, 0.2) is 52.5 Å². The van der Waals surface area contributed by atoms with Gasteiger partial charge in [-0.1, -0.05) is 11.8 Å². The van der Waals surface area contributed by atoms with Gasteiger partial charge in [-0.15, -0.1) is 0 Å². The Morgan fingerprint density at radius 3 is 2.46 bits per heavy atom. The number of nitrogens with one attached hydrogen (secondary N) is 1. The number of hydrogen-bond donors (Lipinski definition) is 1. The minimum absolute atomic E-state index is 0.114. The number of thioether (sulfide) groups is 1. The Balaban J connectivity index is 1.55. The van der Waals surface area contributed by atoms with Crippen LogP contribution < -0.4 is 5.32 Å². The number of halogens is 1. The van der Waals surface area contributed by atoms with E-state index in [1.165, 1.54) is 52.6 Å². The van der Waals surface area contributed by atoms with Crippen LogP contribution in [0.5, 0.6) is 0 Å². The average Bonchev–Trinajstić information content (AvgIpc) is 3.18. The lowest BCUT2D eigenvalue weighted by Crippen LogP contribution is -2.27. The average molecular weight is 395 g/mol. The summed E-state index contributed by atoms with van der Waals surface area (Å²) in [5.74, 6) is -0.509. The molecule has 0 bridgehead atoms. The van der Waals surface area contributed by atoms with Crippen LogP contribution in [0.4, 0.5) is 10.1 Å². The molecule has 1 amide bonds. The third kappa shape index (κ3) is 4.60. The molecule has 0 spiro atoms. The minimum Gasteiger partial charge on any atom is -0.325 e. The van der Waals surface area contributed by atoms with Crippen molar-refractivity contribution in [2.75, 3.05) is 24.2 Å². The Kier molecular flexibility index (Phi) is 5.90. The molecule has 1 aromatic heterocycles. The first-order valence-corrected chi connectivity index (χ1v) is 10.5. The summed E-state index contributed by atoms with van der Waals surface area (Å²) in [6, 6.07) is 8.61. The lowest BCUT2D eigenvalue weighted by molar-refractivity contribution is -0.113. The zero-order chi connectivity index (χ0) is 18.6. The van der Waals surface area contributed by atoms with E-state index in [1.807, 2.05) is 0 Å². The first-order valence-electron chi connectivity index (χ1n) is 8.09. The molecule has 0 radical (unpaired) electrons. The van der Waals surface area contributed by atoms with Gasteiger partial charge in [-0.25, -0.2) is 17.8 Å². The van der Waals surface area contributed by atoms with Gasteiger partial charge in [0, 0.05) is 25.0 Å². The van der Waals surface area contributed by atoms with E-state index in [1.54, 1.807) is 6.07 Å². The molecule has 9 heteroatoms. The van der Waals surface area contributed by atoms with Gasteiger partial charge in [0.2, 0.25) is 15.9 Å². The third-order valence-electron chi connectivity index (χ3n) is 3.89. The van der Waals surface area contributed by atoms with Gasteiger partial charge in [-0.05, 0) is 49.2 Å². The van der Waals surface area contributed by atoms with Crippen molar-refractivity contribution in [3.8, 4) is 0 Å². The van der Waals surface area contributed by atoms with E-state index in [0.717, 1.165) is 12.8 Å². The maximum absolute atomic E-state index is 12.8. The number of hydrogen-bond acceptors (Lipinski definition) is 5. The topological polar surface area (TPSA) is 79.4 Å². The van der Waals surface area contributed by atoms with E-state index in [2.05, 4.69) is 10.3 Å². The van der Waals surface area contributed by atoms with E-state index in [0.29, 0.717) is 23.8 Å². The number of sulfonamides is 1. The number of pyridine rings is 1. The molecule has 1 N–H and O–H groups in total. The van der Waals surface area contributed by atoms with E-state index in [9.17, 15) is 17.6 Å². The van der Waals surface area contributed by atoms with Crippen LogP contribution in [0.2, 0.25) is 0 Å². The monoisotopic (exact) mass is 395 g/mol. The van der Waals surface area contributed by atoms with Crippen LogP contribution >= 0.6 is 11.8 Å². The summed E-state index contributed by atoms with van der Waals surface area (Å²) in [5, 5.41) is 3.21. The highest BCUT2D eigenvalue weighted by molar-refractivity contribution is 7.99. The summed E-state index contributed by atoms with van der Waals surface area (Å²) < 4.78 is 39.2. The van der Waals surface area contributed by atoms with Gasteiger partial charge >= 0.3 is 0 Å². The smallest absolute Gasteiger partial charge is 0.244 e. The van der Waals surface area contributed by atoms with Crippen molar-refractivity contribution in [3.05, 3.63) is 48.4 Å². The fraction of sp³-hybridized carbons (Fsp3) is 0.294. The number of benzene rings is 1. The maximum Gasteiger partial charge on any atom is 0.244 e. The van der Waals surface area contributed by atoms with E-state index < -0.39 is 10.0 Å². The van der Waals surface area contributed by atoms with Gasteiger partial charge in [0.05, 0.1) is 10.8 Å². The predicted octanol–water partition coefficient (Wildman–Crippen LogP) is 2.74. The first-order chi connectivity index (χ1) is 12.4. The van der Waals surface area contributed by atoms with Gasteiger partial charge in [0.25, 0.3) is 0 Å². The van der Waals surface area contributed by atoms with E-state index in [-0.39, 0.29) is 22.4 Å².